The number of rotatable bonds is 2. The van der Waals surface area contributed by atoms with Gasteiger partial charge in [0.05, 0.1) is 5.69 Å². The molecule has 1 aliphatic rings. The largest absolute Gasteiger partial charge is 0.330 e. The van der Waals surface area contributed by atoms with Gasteiger partial charge >= 0.3 is 0 Å². The third-order valence-corrected chi connectivity index (χ3v) is 3.18. The van der Waals surface area contributed by atoms with Gasteiger partial charge in [0.2, 0.25) is 5.91 Å². The summed E-state index contributed by atoms with van der Waals surface area (Å²) in [5.74, 6) is 0.392. The normalized spacial score (nSPS) is 21.1. The molecule has 1 aromatic heterocycles. The number of carbonyl (C=O) groups excluding carboxylic acids is 1. The fourth-order valence-corrected chi connectivity index (χ4v) is 2.22. The molecule has 0 saturated carbocycles. The molecule has 2 N–H and O–H groups in total. The highest BCUT2D eigenvalue weighted by Gasteiger charge is 2.30. The molecular weight excluding hydrogens is 258 g/mol. The summed E-state index contributed by atoms with van der Waals surface area (Å²) in [4.78, 5) is 17.6. The minimum atomic E-state index is 0.124. The van der Waals surface area contributed by atoms with Crippen LogP contribution in [-0.2, 0) is 4.79 Å². The fraction of sp³-hybridized carbons (Fsp3) is 0.400. The molecule has 15 heavy (non-hydrogen) atoms. The van der Waals surface area contributed by atoms with Gasteiger partial charge in [0.15, 0.2) is 0 Å². The summed E-state index contributed by atoms with van der Waals surface area (Å²) in [7, 11) is 0. The Balaban J connectivity index is 2.25. The standard InChI is InChI=1S/C10H12BrN3O/c11-10-8(2-1-3-13-10)14-6-7(5-12)4-9(14)15/h1-3,7H,4-6,12H2. The minimum Gasteiger partial charge on any atom is -0.330 e. The van der Waals surface area contributed by atoms with E-state index in [1.54, 1.807) is 11.1 Å². The van der Waals surface area contributed by atoms with Gasteiger partial charge in [0, 0.05) is 19.2 Å². The molecule has 1 atom stereocenters. The van der Waals surface area contributed by atoms with Crippen LogP contribution in [0.15, 0.2) is 22.9 Å². The Kier molecular flexibility index (Phi) is 3.02. The molecule has 5 heteroatoms. The zero-order valence-electron chi connectivity index (χ0n) is 8.19. The SMILES string of the molecule is NCC1CC(=O)N(c2cccnc2Br)C1. The van der Waals surface area contributed by atoms with Crippen molar-refractivity contribution < 1.29 is 4.79 Å². The number of nitrogens with two attached hydrogens (primary N) is 1. The van der Waals surface area contributed by atoms with Gasteiger partial charge in [0.1, 0.15) is 4.60 Å². The summed E-state index contributed by atoms with van der Waals surface area (Å²) in [5.41, 5.74) is 6.40. The lowest BCUT2D eigenvalue weighted by Crippen LogP contribution is -2.26. The van der Waals surface area contributed by atoms with Crippen LogP contribution >= 0.6 is 15.9 Å². The second kappa shape index (κ2) is 4.28. The summed E-state index contributed by atoms with van der Waals surface area (Å²) >= 11 is 3.34. The topological polar surface area (TPSA) is 59.2 Å². The van der Waals surface area contributed by atoms with Gasteiger partial charge in [-0.25, -0.2) is 4.98 Å². The van der Waals surface area contributed by atoms with E-state index in [-0.39, 0.29) is 11.8 Å². The summed E-state index contributed by atoms with van der Waals surface area (Å²) < 4.78 is 0.705. The Bertz CT molecular complexity index is 383. The average molecular weight is 270 g/mol. The van der Waals surface area contributed by atoms with E-state index >= 15 is 0 Å². The van der Waals surface area contributed by atoms with Gasteiger partial charge < -0.3 is 10.6 Å². The third-order valence-electron chi connectivity index (χ3n) is 2.57. The number of hydrogen-bond donors (Lipinski definition) is 1. The third kappa shape index (κ3) is 2.03. The maximum absolute atomic E-state index is 11.7. The van der Waals surface area contributed by atoms with E-state index in [2.05, 4.69) is 20.9 Å². The molecule has 1 aromatic rings. The number of amides is 1. The second-order valence-corrected chi connectivity index (χ2v) is 4.37. The van der Waals surface area contributed by atoms with E-state index in [4.69, 9.17) is 5.73 Å². The van der Waals surface area contributed by atoms with Crippen LogP contribution in [0, 0.1) is 5.92 Å². The monoisotopic (exact) mass is 269 g/mol. The molecule has 1 unspecified atom stereocenters. The highest BCUT2D eigenvalue weighted by Crippen LogP contribution is 2.29. The molecule has 0 bridgehead atoms. The molecule has 0 spiro atoms. The Morgan fingerprint density at radius 3 is 3.07 bits per heavy atom. The second-order valence-electron chi connectivity index (χ2n) is 3.62. The number of carbonyl (C=O) groups is 1. The minimum absolute atomic E-state index is 0.124. The molecule has 0 aromatic carbocycles. The first-order valence-electron chi connectivity index (χ1n) is 4.83. The Morgan fingerprint density at radius 2 is 2.47 bits per heavy atom. The summed E-state index contributed by atoms with van der Waals surface area (Å²) in [6, 6.07) is 3.71. The van der Waals surface area contributed by atoms with Crippen molar-refractivity contribution in [3.05, 3.63) is 22.9 Å². The van der Waals surface area contributed by atoms with Gasteiger partial charge in [-0.2, -0.15) is 0 Å². The average Bonchev–Trinajstić information content (AvgIpc) is 2.60. The molecule has 4 nitrogen and oxygen atoms in total. The van der Waals surface area contributed by atoms with Crippen LogP contribution in [0.5, 0.6) is 0 Å². The van der Waals surface area contributed by atoms with Gasteiger partial charge in [-0.1, -0.05) is 0 Å². The van der Waals surface area contributed by atoms with Crippen molar-refractivity contribution in [3.8, 4) is 0 Å². The van der Waals surface area contributed by atoms with Crippen molar-refractivity contribution in [3.63, 3.8) is 0 Å². The van der Waals surface area contributed by atoms with Crippen LogP contribution in [-0.4, -0.2) is 24.0 Å². The molecule has 2 rings (SSSR count). The van der Waals surface area contributed by atoms with Crippen LogP contribution in [0.4, 0.5) is 5.69 Å². The highest BCUT2D eigenvalue weighted by atomic mass is 79.9. The zero-order valence-corrected chi connectivity index (χ0v) is 9.77. The van der Waals surface area contributed by atoms with Crippen molar-refractivity contribution in [1.82, 2.24) is 4.98 Å². The van der Waals surface area contributed by atoms with Crippen molar-refractivity contribution in [2.45, 2.75) is 6.42 Å². The van der Waals surface area contributed by atoms with Gasteiger partial charge in [-0.05, 0) is 40.5 Å². The van der Waals surface area contributed by atoms with E-state index in [9.17, 15) is 4.79 Å². The predicted octanol–water partition coefficient (Wildman–Crippen LogP) is 1.16. The summed E-state index contributed by atoms with van der Waals surface area (Å²) in [6.07, 6.45) is 2.23. The first-order valence-corrected chi connectivity index (χ1v) is 5.62. The fourth-order valence-electron chi connectivity index (χ4n) is 1.75. The zero-order chi connectivity index (χ0) is 10.8. The number of nitrogens with zero attached hydrogens (tertiary/aromatic N) is 2. The van der Waals surface area contributed by atoms with Crippen LogP contribution in [0.3, 0.4) is 0 Å². The van der Waals surface area contributed by atoms with E-state index in [0.717, 1.165) is 5.69 Å². The molecule has 0 aliphatic carbocycles. The lowest BCUT2D eigenvalue weighted by molar-refractivity contribution is -0.117. The molecule has 1 amide bonds. The number of anilines is 1. The van der Waals surface area contributed by atoms with Crippen LogP contribution in [0.2, 0.25) is 0 Å². The quantitative estimate of drug-likeness (QED) is 0.820. The van der Waals surface area contributed by atoms with Crippen molar-refractivity contribution in [1.29, 1.82) is 0 Å². The molecular formula is C10H12BrN3O. The maximum Gasteiger partial charge on any atom is 0.227 e. The maximum atomic E-state index is 11.7. The predicted molar refractivity (Wildman–Crippen MR) is 61.5 cm³/mol. The Morgan fingerprint density at radius 1 is 1.67 bits per heavy atom. The number of aromatic nitrogens is 1. The summed E-state index contributed by atoms with van der Waals surface area (Å²) in [5, 5.41) is 0. The first-order chi connectivity index (χ1) is 7.22. The summed E-state index contributed by atoms with van der Waals surface area (Å²) in [6.45, 7) is 1.25. The smallest absolute Gasteiger partial charge is 0.227 e. The molecule has 1 aliphatic heterocycles. The molecule has 1 saturated heterocycles. The molecule has 2 heterocycles. The number of halogens is 1. The first kappa shape index (κ1) is 10.6. The van der Waals surface area contributed by atoms with Crippen molar-refractivity contribution in [2.24, 2.45) is 11.7 Å². The van der Waals surface area contributed by atoms with E-state index < -0.39 is 0 Å². The van der Waals surface area contributed by atoms with Crippen LogP contribution in [0.25, 0.3) is 0 Å². The number of hydrogen-bond acceptors (Lipinski definition) is 3. The number of pyridine rings is 1. The van der Waals surface area contributed by atoms with E-state index in [0.29, 0.717) is 24.1 Å². The van der Waals surface area contributed by atoms with Crippen LogP contribution < -0.4 is 10.6 Å². The lowest BCUT2D eigenvalue weighted by atomic mass is 10.1. The van der Waals surface area contributed by atoms with E-state index in [1.165, 1.54) is 0 Å². The van der Waals surface area contributed by atoms with Crippen LogP contribution in [0.1, 0.15) is 6.42 Å². The van der Waals surface area contributed by atoms with Gasteiger partial charge in [-0.3, -0.25) is 4.79 Å². The van der Waals surface area contributed by atoms with Crippen molar-refractivity contribution in [2.75, 3.05) is 18.0 Å². The van der Waals surface area contributed by atoms with E-state index in [1.807, 2.05) is 12.1 Å². The van der Waals surface area contributed by atoms with Crippen molar-refractivity contribution >= 4 is 27.5 Å². The molecule has 1 fully saturated rings. The Hall–Kier alpha value is -0.940. The lowest BCUT2D eigenvalue weighted by Gasteiger charge is -2.17. The van der Waals surface area contributed by atoms with Gasteiger partial charge in [0.25, 0.3) is 0 Å². The Labute approximate surface area is 96.6 Å². The molecule has 0 radical (unpaired) electrons. The van der Waals surface area contributed by atoms with Gasteiger partial charge in [-0.15, -0.1) is 0 Å². The highest BCUT2D eigenvalue weighted by molar-refractivity contribution is 9.10. The molecule has 80 valence electrons.